The van der Waals surface area contributed by atoms with Crippen molar-refractivity contribution in [1.29, 1.82) is 0 Å². The molecule has 1 rings (SSSR count). The summed E-state index contributed by atoms with van der Waals surface area (Å²) >= 11 is 5.71. The van der Waals surface area contributed by atoms with E-state index in [0.717, 1.165) is 6.92 Å². The van der Waals surface area contributed by atoms with Crippen LogP contribution in [0.15, 0.2) is 18.2 Å². The van der Waals surface area contributed by atoms with Crippen molar-refractivity contribution >= 4 is 17.4 Å². The zero-order valence-electron chi connectivity index (χ0n) is 8.48. The second-order valence-corrected chi connectivity index (χ2v) is 3.95. The number of alkyl halides is 2. The number of ketones is 1. The van der Waals surface area contributed by atoms with Crippen LogP contribution in [0.1, 0.15) is 25.0 Å². The van der Waals surface area contributed by atoms with Gasteiger partial charge in [0.1, 0.15) is 5.78 Å². The van der Waals surface area contributed by atoms with E-state index in [9.17, 15) is 13.6 Å². The normalized spacial score (nSPS) is 11.5. The molecule has 0 radical (unpaired) electrons. The van der Waals surface area contributed by atoms with Crippen LogP contribution in [0.2, 0.25) is 5.02 Å². The molecule has 0 bridgehead atoms. The van der Waals surface area contributed by atoms with Gasteiger partial charge in [0.25, 0.3) is 5.92 Å². The van der Waals surface area contributed by atoms with Crippen LogP contribution >= 0.6 is 11.6 Å². The summed E-state index contributed by atoms with van der Waals surface area (Å²) in [6, 6.07) is 4.47. The number of halogens is 3. The van der Waals surface area contributed by atoms with Crippen LogP contribution in [-0.2, 0) is 17.1 Å². The first-order chi connectivity index (χ1) is 6.82. The Hall–Kier alpha value is -0.960. The summed E-state index contributed by atoms with van der Waals surface area (Å²) in [5.41, 5.74) is 0.0457. The SMILES string of the molecule is CC(=O)Cc1cccc(Cl)c1C(C)(F)F. The molecule has 1 aromatic carbocycles. The van der Waals surface area contributed by atoms with E-state index in [2.05, 4.69) is 0 Å². The minimum absolute atomic E-state index is 0.00116. The van der Waals surface area contributed by atoms with Crippen LogP contribution in [0.25, 0.3) is 0 Å². The van der Waals surface area contributed by atoms with E-state index < -0.39 is 5.92 Å². The summed E-state index contributed by atoms with van der Waals surface area (Å²) < 4.78 is 26.5. The van der Waals surface area contributed by atoms with E-state index >= 15 is 0 Å². The topological polar surface area (TPSA) is 17.1 Å². The van der Waals surface area contributed by atoms with Crippen LogP contribution in [0, 0.1) is 0 Å². The van der Waals surface area contributed by atoms with Crippen molar-refractivity contribution in [3.63, 3.8) is 0 Å². The van der Waals surface area contributed by atoms with Crippen molar-refractivity contribution in [2.75, 3.05) is 0 Å². The fourth-order valence-corrected chi connectivity index (χ4v) is 1.84. The summed E-state index contributed by atoms with van der Waals surface area (Å²) in [5, 5.41) is 0.00116. The lowest BCUT2D eigenvalue weighted by Gasteiger charge is -2.16. The maximum Gasteiger partial charge on any atom is 0.272 e. The van der Waals surface area contributed by atoms with Gasteiger partial charge in [0.2, 0.25) is 0 Å². The molecule has 0 unspecified atom stereocenters. The predicted molar refractivity (Wildman–Crippen MR) is 55.4 cm³/mol. The number of Topliss-reactive ketones (excluding diaryl/α,β-unsaturated/α-hetero) is 1. The molecular weight excluding hydrogens is 222 g/mol. The lowest BCUT2D eigenvalue weighted by Crippen LogP contribution is -2.13. The molecule has 1 nitrogen and oxygen atoms in total. The highest BCUT2D eigenvalue weighted by Gasteiger charge is 2.30. The number of benzene rings is 1. The summed E-state index contributed by atoms with van der Waals surface area (Å²) in [4.78, 5) is 10.9. The van der Waals surface area contributed by atoms with E-state index in [-0.39, 0.29) is 22.8 Å². The number of carbonyl (C=O) groups excluding carboxylic acids is 1. The minimum atomic E-state index is -3.02. The van der Waals surface area contributed by atoms with Crippen molar-refractivity contribution in [2.45, 2.75) is 26.2 Å². The van der Waals surface area contributed by atoms with Gasteiger partial charge in [-0.25, -0.2) is 8.78 Å². The predicted octanol–water partition coefficient (Wildman–Crippen LogP) is 3.58. The standard InChI is InChI=1S/C11H11ClF2O/c1-7(15)6-8-4-3-5-9(12)10(8)11(2,13)14/h3-5H,6H2,1-2H3. The van der Waals surface area contributed by atoms with Crippen molar-refractivity contribution < 1.29 is 13.6 Å². The molecule has 0 saturated heterocycles. The largest absolute Gasteiger partial charge is 0.300 e. The Balaban J connectivity index is 3.27. The second kappa shape index (κ2) is 4.27. The van der Waals surface area contributed by atoms with E-state index in [4.69, 9.17) is 11.6 Å². The van der Waals surface area contributed by atoms with E-state index in [1.165, 1.54) is 19.1 Å². The van der Waals surface area contributed by atoms with E-state index in [1.54, 1.807) is 6.07 Å². The third kappa shape index (κ3) is 2.99. The molecule has 0 aliphatic carbocycles. The minimum Gasteiger partial charge on any atom is -0.300 e. The average Bonchev–Trinajstić information content (AvgIpc) is 1.99. The first-order valence-corrected chi connectivity index (χ1v) is 4.85. The third-order valence-corrected chi connectivity index (χ3v) is 2.29. The molecular formula is C11H11ClF2O. The van der Waals surface area contributed by atoms with Gasteiger partial charge in [-0.05, 0) is 18.6 Å². The van der Waals surface area contributed by atoms with Gasteiger partial charge in [0.05, 0.1) is 5.02 Å². The maximum atomic E-state index is 13.2. The molecule has 0 amide bonds. The molecule has 0 aliphatic rings. The monoisotopic (exact) mass is 232 g/mol. The van der Waals surface area contributed by atoms with Crippen LogP contribution in [-0.4, -0.2) is 5.78 Å². The number of rotatable bonds is 3. The van der Waals surface area contributed by atoms with Crippen molar-refractivity contribution in [3.8, 4) is 0 Å². The van der Waals surface area contributed by atoms with E-state index in [0.29, 0.717) is 5.56 Å². The molecule has 15 heavy (non-hydrogen) atoms. The Morgan fingerprint density at radius 2 is 2.07 bits per heavy atom. The smallest absolute Gasteiger partial charge is 0.272 e. The highest BCUT2D eigenvalue weighted by atomic mass is 35.5. The van der Waals surface area contributed by atoms with Gasteiger partial charge in [0.15, 0.2) is 0 Å². The van der Waals surface area contributed by atoms with Gasteiger partial charge in [-0.15, -0.1) is 0 Å². The fraction of sp³-hybridized carbons (Fsp3) is 0.364. The number of hydrogen-bond acceptors (Lipinski definition) is 1. The lowest BCUT2D eigenvalue weighted by molar-refractivity contribution is -0.116. The lowest BCUT2D eigenvalue weighted by atomic mass is 9.98. The third-order valence-electron chi connectivity index (χ3n) is 1.98. The Morgan fingerprint density at radius 1 is 1.47 bits per heavy atom. The molecule has 0 N–H and O–H groups in total. The summed E-state index contributed by atoms with van der Waals surface area (Å²) in [6.45, 7) is 2.14. The quantitative estimate of drug-likeness (QED) is 0.779. The molecule has 0 saturated carbocycles. The molecule has 0 aromatic heterocycles. The Bertz CT molecular complexity index is 383. The van der Waals surface area contributed by atoms with E-state index in [1.807, 2.05) is 0 Å². The zero-order valence-corrected chi connectivity index (χ0v) is 9.24. The summed E-state index contributed by atoms with van der Waals surface area (Å²) in [6.07, 6.45) is -0.0146. The summed E-state index contributed by atoms with van der Waals surface area (Å²) in [7, 11) is 0. The van der Waals surface area contributed by atoms with Crippen LogP contribution in [0.3, 0.4) is 0 Å². The number of carbonyl (C=O) groups is 1. The summed E-state index contributed by atoms with van der Waals surface area (Å²) in [5.74, 6) is -3.19. The van der Waals surface area contributed by atoms with Crippen LogP contribution in [0.4, 0.5) is 8.78 Å². The van der Waals surface area contributed by atoms with Gasteiger partial charge in [0, 0.05) is 18.9 Å². The van der Waals surface area contributed by atoms with Gasteiger partial charge >= 0.3 is 0 Å². The fourth-order valence-electron chi connectivity index (χ4n) is 1.48. The highest BCUT2D eigenvalue weighted by molar-refractivity contribution is 6.31. The van der Waals surface area contributed by atoms with Gasteiger partial charge in [-0.2, -0.15) is 0 Å². The Morgan fingerprint density at radius 3 is 2.53 bits per heavy atom. The van der Waals surface area contributed by atoms with Gasteiger partial charge in [-0.1, -0.05) is 23.7 Å². The van der Waals surface area contributed by atoms with Crippen LogP contribution < -0.4 is 0 Å². The maximum absolute atomic E-state index is 13.2. The zero-order chi connectivity index (χ0) is 11.6. The molecule has 0 atom stereocenters. The molecule has 0 heterocycles. The van der Waals surface area contributed by atoms with Gasteiger partial charge < -0.3 is 0 Å². The Kier molecular flexibility index (Phi) is 3.45. The van der Waals surface area contributed by atoms with Gasteiger partial charge in [-0.3, -0.25) is 4.79 Å². The van der Waals surface area contributed by atoms with Crippen molar-refractivity contribution in [3.05, 3.63) is 34.3 Å². The molecule has 82 valence electrons. The first kappa shape index (κ1) is 12.1. The Labute approximate surface area is 92.1 Å². The second-order valence-electron chi connectivity index (χ2n) is 3.54. The molecule has 0 fully saturated rings. The van der Waals surface area contributed by atoms with Crippen molar-refractivity contribution in [1.82, 2.24) is 0 Å². The highest BCUT2D eigenvalue weighted by Crippen LogP contribution is 2.35. The van der Waals surface area contributed by atoms with Crippen molar-refractivity contribution in [2.24, 2.45) is 0 Å². The average molecular weight is 233 g/mol. The molecule has 0 aliphatic heterocycles. The molecule has 0 spiro atoms. The first-order valence-electron chi connectivity index (χ1n) is 4.47. The molecule has 4 heteroatoms. The van der Waals surface area contributed by atoms with Crippen LogP contribution in [0.5, 0.6) is 0 Å². The number of hydrogen-bond donors (Lipinski definition) is 0. The molecule has 1 aromatic rings.